The summed E-state index contributed by atoms with van der Waals surface area (Å²) in [5.41, 5.74) is 1.38. The number of aromatic nitrogens is 2. The van der Waals surface area contributed by atoms with Gasteiger partial charge in [-0.05, 0) is 19.1 Å². The van der Waals surface area contributed by atoms with Crippen molar-refractivity contribution in [3.63, 3.8) is 0 Å². The molecule has 0 radical (unpaired) electrons. The van der Waals surface area contributed by atoms with E-state index in [0.717, 1.165) is 5.69 Å². The minimum atomic E-state index is -0.428. The first-order valence-corrected chi connectivity index (χ1v) is 6.25. The minimum Gasteiger partial charge on any atom is -0.306 e. The summed E-state index contributed by atoms with van der Waals surface area (Å²) in [7, 11) is 1.80. The highest BCUT2D eigenvalue weighted by atomic mass is 35.5. The van der Waals surface area contributed by atoms with Crippen molar-refractivity contribution in [2.45, 2.75) is 6.92 Å². The lowest BCUT2D eigenvalue weighted by atomic mass is 10.3. The Bertz CT molecular complexity index is 605. The lowest BCUT2D eigenvalue weighted by Gasteiger charge is -2.08. The van der Waals surface area contributed by atoms with E-state index < -0.39 is 6.03 Å². The molecule has 0 saturated carbocycles. The molecule has 2 N–H and O–H groups in total. The fourth-order valence-electron chi connectivity index (χ4n) is 1.49. The maximum absolute atomic E-state index is 11.8. The molecular formula is C12H12Cl2N4O. The van der Waals surface area contributed by atoms with Gasteiger partial charge in [-0.1, -0.05) is 29.3 Å². The van der Waals surface area contributed by atoms with E-state index >= 15 is 0 Å². The highest BCUT2D eigenvalue weighted by Gasteiger charge is 2.10. The number of nitrogens with one attached hydrogen (secondary N) is 2. The molecule has 0 aliphatic rings. The van der Waals surface area contributed by atoms with Gasteiger partial charge in [-0.15, -0.1) is 0 Å². The number of nitrogens with zero attached hydrogens (tertiary/aromatic N) is 2. The van der Waals surface area contributed by atoms with Gasteiger partial charge >= 0.3 is 6.03 Å². The molecule has 0 spiro atoms. The SMILES string of the molecule is Cc1cc(NC(=O)Nc2cccc(Cl)c2Cl)nn1C. The Kier molecular flexibility index (Phi) is 3.97. The molecule has 19 heavy (non-hydrogen) atoms. The standard InChI is InChI=1S/C12H12Cl2N4O/c1-7-6-10(17-18(7)2)16-12(19)15-9-5-3-4-8(13)11(9)14/h3-6H,1-2H3,(H2,15,16,17,19). The van der Waals surface area contributed by atoms with Crippen molar-refractivity contribution < 1.29 is 4.79 Å². The molecule has 1 heterocycles. The molecule has 2 aromatic rings. The second-order valence-corrected chi connectivity index (χ2v) is 4.76. The van der Waals surface area contributed by atoms with Gasteiger partial charge in [-0.25, -0.2) is 4.79 Å². The third kappa shape index (κ3) is 3.19. The van der Waals surface area contributed by atoms with Gasteiger partial charge < -0.3 is 5.32 Å². The Morgan fingerprint density at radius 1 is 1.32 bits per heavy atom. The Labute approximate surface area is 120 Å². The van der Waals surface area contributed by atoms with E-state index in [2.05, 4.69) is 15.7 Å². The Morgan fingerprint density at radius 3 is 2.68 bits per heavy atom. The van der Waals surface area contributed by atoms with E-state index in [4.69, 9.17) is 23.2 Å². The molecule has 2 rings (SSSR count). The van der Waals surface area contributed by atoms with Crippen molar-refractivity contribution in [2.75, 3.05) is 10.6 Å². The zero-order chi connectivity index (χ0) is 14.0. The summed E-state index contributed by atoms with van der Waals surface area (Å²) in [5, 5.41) is 10.0. The first-order chi connectivity index (χ1) is 8.97. The molecule has 0 saturated heterocycles. The number of hydrogen-bond donors (Lipinski definition) is 2. The van der Waals surface area contributed by atoms with Gasteiger partial charge in [-0.2, -0.15) is 5.10 Å². The van der Waals surface area contributed by atoms with Crippen LogP contribution in [0.4, 0.5) is 16.3 Å². The van der Waals surface area contributed by atoms with Crippen LogP contribution in [-0.2, 0) is 7.05 Å². The fourth-order valence-corrected chi connectivity index (χ4v) is 1.84. The van der Waals surface area contributed by atoms with Crippen molar-refractivity contribution in [1.29, 1.82) is 0 Å². The second-order valence-electron chi connectivity index (χ2n) is 3.98. The average molecular weight is 299 g/mol. The molecule has 1 aromatic heterocycles. The zero-order valence-corrected chi connectivity index (χ0v) is 11.9. The summed E-state index contributed by atoms with van der Waals surface area (Å²) in [6, 6.07) is 6.35. The number of carbonyl (C=O) groups is 1. The molecule has 1 aromatic carbocycles. The summed E-state index contributed by atoms with van der Waals surface area (Å²) in [5.74, 6) is 0.468. The van der Waals surface area contributed by atoms with Crippen LogP contribution in [0.25, 0.3) is 0 Å². The van der Waals surface area contributed by atoms with Crippen LogP contribution in [0.2, 0.25) is 10.0 Å². The molecule has 0 aliphatic heterocycles. The lowest BCUT2D eigenvalue weighted by molar-refractivity contribution is 0.262. The van der Waals surface area contributed by atoms with Crippen LogP contribution in [0.5, 0.6) is 0 Å². The van der Waals surface area contributed by atoms with Crippen LogP contribution in [0.3, 0.4) is 0 Å². The van der Waals surface area contributed by atoms with Crippen LogP contribution in [0.15, 0.2) is 24.3 Å². The van der Waals surface area contributed by atoms with E-state index in [9.17, 15) is 4.79 Å². The molecule has 2 amide bonds. The maximum Gasteiger partial charge on any atom is 0.324 e. The summed E-state index contributed by atoms with van der Waals surface area (Å²) in [6.07, 6.45) is 0. The second kappa shape index (κ2) is 5.50. The number of hydrogen-bond acceptors (Lipinski definition) is 2. The van der Waals surface area contributed by atoms with Gasteiger partial charge in [0, 0.05) is 18.8 Å². The third-order valence-electron chi connectivity index (χ3n) is 2.56. The first-order valence-electron chi connectivity index (χ1n) is 5.50. The highest BCUT2D eigenvalue weighted by Crippen LogP contribution is 2.29. The molecule has 5 nitrogen and oxygen atoms in total. The van der Waals surface area contributed by atoms with E-state index in [1.807, 2.05) is 6.92 Å². The van der Waals surface area contributed by atoms with Gasteiger partial charge in [-0.3, -0.25) is 10.00 Å². The number of halogens is 2. The highest BCUT2D eigenvalue weighted by molar-refractivity contribution is 6.44. The number of rotatable bonds is 2. The zero-order valence-electron chi connectivity index (χ0n) is 10.4. The van der Waals surface area contributed by atoms with Gasteiger partial charge in [0.25, 0.3) is 0 Å². The van der Waals surface area contributed by atoms with Crippen molar-refractivity contribution in [3.8, 4) is 0 Å². The van der Waals surface area contributed by atoms with Crippen LogP contribution < -0.4 is 10.6 Å². The molecule has 0 unspecified atom stereocenters. The quantitative estimate of drug-likeness (QED) is 0.888. The first kappa shape index (κ1) is 13.7. The number of carbonyl (C=O) groups excluding carboxylic acids is 1. The summed E-state index contributed by atoms with van der Waals surface area (Å²) < 4.78 is 1.67. The van der Waals surface area contributed by atoms with Crippen molar-refractivity contribution in [1.82, 2.24) is 9.78 Å². The van der Waals surface area contributed by atoms with E-state index in [-0.39, 0.29) is 0 Å². The molecular weight excluding hydrogens is 287 g/mol. The summed E-state index contributed by atoms with van der Waals surface area (Å²) in [6.45, 7) is 1.89. The molecule has 0 atom stereocenters. The Balaban J connectivity index is 2.07. The van der Waals surface area contributed by atoms with E-state index in [1.165, 1.54) is 0 Å². The minimum absolute atomic E-state index is 0.302. The molecule has 0 fully saturated rings. The average Bonchev–Trinajstić information content (AvgIpc) is 2.64. The van der Waals surface area contributed by atoms with Crippen LogP contribution >= 0.6 is 23.2 Å². The van der Waals surface area contributed by atoms with Crippen molar-refractivity contribution in [3.05, 3.63) is 40.0 Å². The fraction of sp³-hybridized carbons (Fsp3) is 0.167. The normalized spacial score (nSPS) is 10.3. The van der Waals surface area contributed by atoms with E-state index in [1.54, 1.807) is 36.0 Å². The third-order valence-corrected chi connectivity index (χ3v) is 3.37. The summed E-state index contributed by atoms with van der Waals surface area (Å²) >= 11 is 11.8. The number of aryl methyl sites for hydroxylation is 2. The van der Waals surface area contributed by atoms with Gasteiger partial charge in [0.2, 0.25) is 0 Å². The topological polar surface area (TPSA) is 59.0 Å². The van der Waals surface area contributed by atoms with Gasteiger partial charge in [0.1, 0.15) is 0 Å². The van der Waals surface area contributed by atoms with Gasteiger partial charge in [0.15, 0.2) is 5.82 Å². The number of urea groups is 1. The lowest BCUT2D eigenvalue weighted by Crippen LogP contribution is -2.20. The smallest absolute Gasteiger partial charge is 0.306 e. The summed E-state index contributed by atoms with van der Waals surface area (Å²) in [4.78, 5) is 11.8. The molecule has 100 valence electrons. The predicted molar refractivity (Wildman–Crippen MR) is 77.0 cm³/mol. The Morgan fingerprint density at radius 2 is 2.05 bits per heavy atom. The Hall–Kier alpha value is -1.72. The largest absolute Gasteiger partial charge is 0.324 e. The van der Waals surface area contributed by atoms with Crippen LogP contribution in [0.1, 0.15) is 5.69 Å². The molecule has 0 bridgehead atoms. The number of benzene rings is 1. The van der Waals surface area contributed by atoms with E-state index in [0.29, 0.717) is 21.6 Å². The predicted octanol–water partition coefficient (Wildman–Crippen LogP) is 3.68. The van der Waals surface area contributed by atoms with Crippen LogP contribution in [-0.4, -0.2) is 15.8 Å². The maximum atomic E-state index is 11.8. The van der Waals surface area contributed by atoms with Gasteiger partial charge in [0.05, 0.1) is 15.7 Å². The molecule has 0 aliphatic carbocycles. The molecule has 7 heteroatoms. The monoisotopic (exact) mass is 298 g/mol. The van der Waals surface area contributed by atoms with Crippen molar-refractivity contribution in [2.24, 2.45) is 7.05 Å². The number of amides is 2. The van der Waals surface area contributed by atoms with Crippen molar-refractivity contribution >= 4 is 40.7 Å². The van der Waals surface area contributed by atoms with Crippen LogP contribution in [0, 0.1) is 6.92 Å². The number of anilines is 2.